The highest BCUT2D eigenvalue weighted by atomic mass is 16.5. The summed E-state index contributed by atoms with van der Waals surface area (Å²) in [5, 5.41) is 0. The molecule has 0 N–H and O–H groups in total. The van der Waals surface area contributed by atoms with Crippen molar-refractivity contribution in [2.24, 2.45) is 0 Å². The van der Waals surface area contributed by atoms with Gasteiger partial charge in [-0.3, -0.25) is 9.69 Å². The molecular weight excluding hydrogens is 180 g/mol. The van der Waals surface area contributed by atoms with Crippen molar-refractivity contribution in [1.29, 1.82) is 0 Å². The van der Waals surface area contributed by atoms with Crippen molar-refractivity contribution in [3.8, 4) is 0 Å². The normalized spacial score (nSPS) is 33.1. The van der Waals surface area contributed by atoms with E-state index in [0.717, 1.165) is 32.6 Å². The van der Waals surface area contributed by atoms with Crippen LogP contribution in [0, 0.1) is 0 Å². The maximum atomic E-state index is 11.2. The fourth-order valence-corrected chi connectivity index (χ4v) is 2.45. The summed E-state index contributed by atoms with van der Waals surface area (Å²) >= 11 is 0. The van der Waals surface area contributed by atoms with Crippen molar-refractivity contribution in [2.45, 2.75) is 25.5 Å². The molecule has 0 aromatic rings. The summed E-state index contributed by atoms with van der Waals surface area (Å²) in [6.07, 6.45) is 1.44. The molecule has 4 heteroatoms. The molecule has 2 fully saturated rings. The first-order valence-electron chi connectivity index (χ1n) is 5.23. The molecule has 0 aromatic carbocycles. The molecule has 2 rings (SSSR count). The number of methoxy groups -OCH3 is 1. The van der Waals surface area contributed by atoms with Gasteiger partial charge in [0.1, 0.15) is 0 Å². The van der Waals surface area contributed by atoms with Gasteiger partial charge < -0.3 is 9.64 Å². The van der Waals surface area contributed by atoms with Crippen LogP contribution in [0.25, 0.3) is 0 Å². The average molecular weight is 198 g/mol. The maximum Gasteiger partial charge on any atom is 0.219 e. The van der Waals surface area contributed by atoms with Crippen molar-refractivity contribution in [2.75, 3.05) is 33.3 Å². The summed E-state index contributed by atoms with van der Waals surface area (Å²) in [6, 6.07) is 0.526. The zero-order valence-corrected chi connectivity index (χ0v) is 8.90. The number of ether oxygens (including phenoxy) is 1. The van der Waals surface area contributed by atoms with E-state index in [1.165, 1.54) is 0 Å². The molecular formula is C10H18N2O2. The maximum absolute atomic E-state index is 11.2. The lowest BCUT2D eigenvalue weighted by atomic mass is 10.1. The van der Waals surface area contributed by atoms with E-state index >= 15 is 0 Å². The summed E-state index contributed by atoms with van der Waals surface area (Å²) in [6.45, 7) is 5.45. The fraction of sp³-hybridized carbons (Fsp3) is 0.900. The summed E-state index contributed by atoms with van der Waals surface area (Å²) < 4.78 is 5.35. The molecule has 2 atom stereocenters. The zero-order chi connectivity index (χ0) is 10.1. The highest BCUT2D eigenvalue weighted by molar-refractivity contribution is 5.73. The molecule has 0 aromatic heterocycles. The quantitative estimate of drug-likeness (QED) is 0.591. The molecule has 2 unspecified atom stereocenters. The lowest BCUT2D eigenvalue weighted by molar-refractivity contribution is -0.131. The van der Waals surface area contributed by atoms with Gasteiger partial charge >= 0.3 is 0 Å². The highest BCUT2D eigenvalue weighted by Gasteiger charge is 2.36. The van der Waals surface area contributed by atoms with E-state index in [-0.39, 0.29) is 5.91 Å². The Kier molecular flexibility index (Phi) is 2.74. The number of rotatable bonds is 1. The minimum atomic E-state index is 0.200. The van der Waals surface area contributed by atoms with E-state index in [1.807, 2.05) is 4.90 Å². The molecule has 2 aliphatic heterocycles. The monoisotopic (exact) mass is 198 g/mol. The van der Waals surface area contributed by atoms with Crippen LogP contribution in [0.15, 0.2) is 0 Å². The lowest BCUT2D eigenvalue weighted by Gasteiger charge is -2.36. The predicted molar refractivity (Wildman–Crippen MR) is 53.0 cm³/mol. The van der Waals surface area contributed by atoms with Gasteiger partial charge in [-0.2, -0.15) is 0 Å². The van der Waals surface area contributed by atoms with Gasteiger partial charge in [-0.25, -0.2) is 0 Å². The van der Waals surface area contributed by atoms with Crippen LogP contribution in [0.2, 0.25) is 0 Å². The second-order valence-electron chi connectivity index (χ2n) is 4.21. The van der Waals surface area contributed by atoms with Crippen LogP contribution in [-0.2, 0) is 9.53 Å². The topological polar surface area (TPSA) is 32.8 Å². The predicted octanol–water partition coefficient (Wildman–Crippen LogP) is -0.0622. The van der Waals surface area contributed by atoms with Crippen molar-refractivity contribution >= 4 is 5.91 Å². The Morgan fingerprint density at radius 2 is 2.14 bits per heavy atom. The number of carbonyl (C=O) groups excluding carboxylic acids is 1. The van der Waals surface area contributed by atoms with Crippen LogP contribution in [-0.4, -0.2) is 61.1 Å². The molecule has 2 heterocycles. The molecule has 80 valence electrons. The molecule has 4 nitrogen and oxygen atoms in total. The first-order valence-corrected chi connectivity index (χ1v) is 5.23. The van der Waals surface area contributed by atoms with Gasteiger partial charge in [0.15, 0.2) is 0 Å². The second-order valence-corrected chi connectivity index (χ2v) is 4.21. The van der Waals surface area contributed by atoms with Crippen LogP contribution >= 0.6 is 0 Å². The minimum Gasteiger partial charge on any atom is -0.380 e. The van der Waals surface area contributed by atoms with E-state index in [2.05, 4.69) is 4.90 Å². The number of piperazine rings is 1. The highest BCUT2D eigenvalue weighted by Crippen LogP contribution is 2.23. The molecule has 14 heavy (non-hydrogen) atoms. The third-order valence-corrected chi connectivity index (χ3v) is 3.36. The molecule has 2 saturated heterocycles. The van der Waals surface area contributed by atoms with Crippen LogP contribution in [0.4, 0.5) is 0 Å². The minimum absolute atomic E-state index is 0.200. The SMILES string of the molecule is COC1CC2CN(C(C)=O)CCN2C1. The smallest absolute Gasteiger partial charge is 0.219 e. The molecule has 0 saturated carbocycles. The van der Waals surface area contributed by atoms with Gasteiger partial charge in [-0.05, 0) is 6.42 Å². The zero-order valence-electron chi connectivity index (χ0n) is 8.90. The first-order chi connectivity index (χ1) is 6.70. The average Bonchev–Trinajstić information content (AvgIpc) is 2.58. The van der Waals surface area contributed by atoms with Gasteiger partial charge in [0.25, 0.3) is 0 Å². The molecule has 0 aliphatic carbocycles. The molecule has 2 aliphatic rings. The number of nitrogens with zero attached hydrogens (tertiary/aromatic N) is 2. The standard InChI is InChI=1S/C10H18N2O2/c1-8(13)11-3-4-12-7-10(14-2)5-9(12)6-11/h9-10H,3-7H2,1-2H3. The van der Waals surface area contributed by atoms with Gasteiger partial charge in [0, 0.05) is 46.3 Å². The number of amides is 1. The number of fused-ring (bicyclic) bond motifs is 1. The van der Waals surface area contributed by atoms with Crippen molar-refractivity contribution in [3.05, 3.63) is 0 Å². The van der Waals surface area contributed by atoms with Gasteiger partial charge in [-0.1, -0.05) is 0 Å². The largest absolute Gasteiger partial charge is 0.380 e. The third-order valence-electron chi connectivity index (χ3n) is 3.36. The number of hydrogen-bond acceptors (Lipinski definition) is 3. The Morgan fingerprint density at radius 1 is 1.36 bits per heavy atom. The van der Waals surface area contributed by atoms with Gasteiger partial charge in [0.2, 0.25) is 5.91 Å². The first kappa shape index (κ1) is 9.93. The fourth-order valence-electron chi connectivity index (χ4n) is 2.45. The van der Waals surface area contributed by atoms with Gasteiger partial charge in [0.05, 0.1) is 6.10 Å². The summed E-state index contributed by atoms with van der Waals surface area (Å²) in [5.41, 5.74) is 0. The van der Waals surface area contributed by atoms with E-state index in [0.29, 0.717) is 12.1 Å². The van der Waals surface area contributed by atoms with Gasteiger partial charge in [-0.15, -0.1) is 0 Å². The van der Waals surface area contributed by atoms with Crippen molar-refractivity contribution < 1.29 is 9.53 Å². The van der Waals surface area contributed by atoms with Crippen LogP contribution in [0.1, 0.15) is 13.3 Å². The Labute approximate surface area is 84.8 Å². The van der Waals surface area contributed by atoms with E-state index in [1.54, 1.807) is 14.0 Å². The lowest BCUT2D eigenvalue weighted by Crippen LogP contribution is -2.51. The van der Waals surface area contributed by atoms with Crippen LogP contribution < -0.4 is 0 Å². The summed E-state index contributed by atoms with van der Waals surface area (Å²) in [7, 11) is 1.77. The van der Waals surface area contributed by atoms with Crippen LogP contribution in [0.5, 0.6) is 0 Å². The Bertz CT molecular complexity index is 232. The van der Waals surface area contributed by atoms with E-state index in [4.69, 9.17) is 4.74 Å². The molecule has 0 bridgehead atoms. The Morgan fingerprint density at radius 3 is 2.79 bits per heavy atom. The number of carbonyl (C=O) groups is 1. The van der Waals surface area contributed by atoms with E-state index < -0.39 is 0 Å². The van der Waals surface area contributed by atoms with Crippen molar-refractivity contribution in [1.82, 2.24) is 9.80 Å². The molecule has 0 radical (unpaired) electrons. The van der Waals surface area contributed by atoms with Crippen molar-refractivity contribution in [3.63, 3.8) is 0 Å². The Hall–Kier alpha value is -0.610. The van der Waals surface area contributed by atoms with E-state index in [9.17, 15) is 4.79 Å². The second kappa shape index (κ2) is 3.87. The number of hydrogen-bond donors (Lipinski definition) is 0. The van der Waals surface area contributed by atoms with Crippen LogP contribution in [0.3, 0.4) is 0 Å². The summed E-state index contributed by atoms with van der Waals surface area (Å²) in [5.74, 6) is 0.200. The molecule has 0 spiro atoms. The molecule has 1 amide bonds. The Balaban J connectivity index is 1.94. The summed E-state index contributed by atoms with van der Waals surface area (Å²) in [4.78, 5) is 15.6. The third kappa shape index (κ3) is 1.77.